The van der Waals surface area contributed by atoms with Crippen LogP contribution in [0.5, 0.6) is 11.5 Å². The third-order valence-corrected chi connectivity index (χ3v) is 2.55. The van der Waals surface area contributed by atoms with Gasteiger partial charge in [-0.25, -0.2) is 8.78 Å². The van der Waals surface area contributed by atoms with Crippen molar-refractivity contribution in [2.45, 2.75) is 13.5 Å². The van der Waals surface area contributed by atoms with Gasteiger partial charge in [-0.15, -0.1) is 0 Å². The molecule has 0 aliphatic heterocycles. The average molecular weight is 249 g/mol. The largest absolute Gasteiger partial charge is 0.454 e. The van der Waals surface area contributed by atoms with Gasteiger partial charge in [0.1, 0.15) is 11.6 Å². The molecular formula is C14H13F2NO. The Bertz CT molecular complexity index is 570. The highest BCUT2D eigenvalue weighted by atomic mass is 19.1. The molecule has 0 atom stereocenters. The van der Waals surface area contributed by atoms with Crippen molar-refractivity contribution < 1.29 is 13.5 Å². The molecule has 94 valence electrons. The van der Waals surface area contributed by atoms with Crippen LogP contribution in [0.2, 0.25) is 0 Å². The topological polar surface area (TPSA) is 35.2 Å². The third-order valence-electron chi connectivity index (χ3n) is 2.55. The van der Waals surface area contributed by atoms with Crippen LogP contribution in [0.15, 0.2) is 36.4 Å². The van der Waals surface area contributed by atoms with E-state index in [1.807, 2.05) is 0 Å². The Morgan fingerprint density at radius 2 is 1.94 bits per heavy atom. The molecule has 0 amide bonds. The molecule has 0 heterocycles. The maximum absolute atomic E-state index is 13.7. The quantitative estimate of drug-likeness (QED) is 0.903. The molecule has 0 saturated heterocycles. The third kappa shape index (κ3) is 2.65. The second-order valence-corrected chi connectivity index (χ2v) is 3.99. The summed E-state index contributed by atoms with van der Waals surface area (Å²) in [5.74, 6) is -0.597. The Hall–Kier alpha value is -1.94. The molecule has 0 aliphatic rings. The van der Waals surface area contributed by atoms with Gasteiger partial charge in [0.2, 0.25) is 0 Å². The van der Waals surface area contributed by atoms with Gasteiger partial charge in [-0.2, -0.15) is 0 Å². The fraction of sp³-hybridized carbons (Fsp3) is 0.143. The number of aryl methyl sites for hydroxylation is 1. The van der Waals surface area contributed by atoms with E-state index in [0.717, 1.165) is 0 Å². The Balaban J connectivity index is 2.34. The van der Waals surface area contributed by atoms with Crippen LogP contribution in [0.1, 0.15) is 11.1 Å². The Labute approximate surface area is 104 Å². The van der Waals surface area contributed by atoms with E-state index in [2.05, 4.69) is 0 Å². The van der Waals surface area contributed by atoms with E-state index >= 15 is 0 Å². The lowest BCUT2D eigenvalue weighted by Crippen LogP contribution is -1.98. The molecule has 0 aliphatic carbocycles. The smallest absolute Gasteiger partial charge is 0.168 e. The van der Waals surface area contributed by atoms with E-state index in [1.54, 1.807) is 25.1 Å². The molecule has 4 heteroatoms. The summed E-state index contributed by atoms with van der Waals surface area (Å²) in [6.45, 7) is 1.84. The van der Waals surface area contributed by atoms with Crippen LogP contribution < -0.4 is 10.5 Å². The van der Waals surface area contributed by atoms with E-state index in [0.29, 0.717) is 11.1 Å². The van der Waals surface area contributed by atoms with E-state index in [4.69, 9.17) is 10.5 Å². The lowest BCUT2D eigenvalue weighted by molar-refractivity contribution is 0.436. The van der Waals surface area contributed by atoms with Crippen LogP contribution in [0.3, 0.4) is 0 Å². The second kappa shape index (κ2) is 5.14. The first-order valence-electron chi connectivity index (χ1n) is 5.52. The molecule has 0 saturated carbocycles. The number of hydrogen-bond acceptors (Lipinski definition) is 2. The average Bonchev–Trinajstić information content (AvgIpc) is 2.34. The molecule has 2 aromatic carbocycles. The first-order valence-corrected chi connectivity index (χ1v) is 5.52. The molecule has 2 N–H and O–H groups in total. The first kappa shape index (κ1) is 12.5. The number of halogens is 2. The van der Waals surface area contributed by atoms with Crippen LogP contribution in [0.25, 0.3) is 0 Å². The van der Waals surface area contributed by atoms with Crippen molar-refractivity contribution in [1.29, 1.82) is 0 Å². The van der Waals surface area contributed by atoms with Crippen molar-refractivity contribution in [2.24, 2.45) is 5.73 Å². The van der Waals surface area contributed by atoms with Gasteiger partial charge in [-0.3, -0.25) is 0 Å². The number of hydrogen-bond donors (Lipinski definition) is 1. The van der Waals surface area contributed by atoms with Crippen molar-refractivity contribution in [3.8, 4) is 11.5 Å². The summed E-state index contributed by atoms with van der Waals surface area (Å²) in [4.78, 5) is 0. The van der Waals surface area contributed by atoms with Crippen LogP contribution in [0.4, 0.5) is 8.78 Å². The van der Waals surface area contributed by atoms with Gasteiger partial charge >= 0.3 is 0 Å². The van der Waals surface area contributed by atoms with Crippen LogP contribution >= 0.6 is 0 Å². The monoisotopic (exact) mass is 249 g/mol. The number of ether oxygens (including phenoxy) is 1. The zero-order chi connectivity index (χ0) is 13.1. The van der Waals surface area contributed by atoms with Gasteiger partial charge in [0.25, 0.3) is 0 Å². The molecule has 0 aromatic heterocycles. The maximum atomic E-state index is 13.7. The van der Waals surface area contributed by atoms with Gasteiger partial charge < -0.3 is 10.5 Å². The van der Waals surface area contributed by atoms with Crippen molar-refractivity contribution in [3.63, 3.8) is 0 Å². The normalized spacial score (nSPS) is 10.4. The molecule has 18 heavy (non-hydrogen) atoms. The van der Waals surface area contributed by atoms with Gasteiger partial charge in [-0.05, 0) is 36.2 Å². The summed E-state index contributed by atoms with van der Waals surface area (Å²) in [5, 5.41) is 0. The van der Waals surface area contributed by atoms with Crippen molar-refractivity contribution in [2.75, 3.05) is 0 Å². The molecule has 2 rings (SSSR count). The van der Waals surface area contributed by atoms with Crippen molar-refractivity contribution >= 4 is 0 Å². The van der Waals surface area contributed by atoms with E-state index in [1.165, 1.54) is 18.2 Å². The van der Waals surface area contributed by atoms with E-state index < -0.39 is 11.6 Å². The fourth-order valence-electron chi connectivity index (χ4n) is 1.62. The van der Waals surface area contributed by atoms with Gasteiger partial charge in [0, 0.05) is 12.6 Å². The molecule has 0 radical (unpaired) electrons. The summed E-state index contributed by atoms with van der Waals surface area (Å²) in [6.07, 6.45) is 0. The molecule has 0 fully saturated rings. The Kier molecular flexibility index (Phi) is 3.58. The molecule has 0 bridgehead atoms. The lowest BCUT2D eigenvalue weighted by Gasteiger charge is -2.09. The Morgan fingerprint density at radius 3 is 2.67 bits per heavy atom. The van der Waals surface area contributed by atoms with Crippen LogP contribution in [-0.4, -0.2) is 0 Å². The molecular weight excluding hydrogens is 236 g/mol. The van der Waals surface area contributed by atoms with E-state index in [9.17, 15) is 8.78 Å². The highest BCUT2D eigenvalue weighted by Crippen LogP contribution is 2.27. The summed E-state index contributed by atoms with van der Waals surface area (Å²) in [7, 11) is 0. The summed E-state index contributed by atoms with van der Waals surface area (Å²) in [6, 6.07) is 8.91. The van der Waals surface area contributed by atoms with Crippen LogP contribution in [0, 0.1) is 18.6 Å². The molecule has 2 aromatic rings. The standard InChI is InChI=1S/C14H13F2NO/c1-9-3-2-4-13(14(9)16)18-12-6-10(8-17)5-11(15)7-12/h2-7H,8,17H2,1H3. The fourth-order valence-corrected chi connectivity index (χ4v) is 1.62. The number of rotatable bonds is 3. The summed E-state index contributed by atoms with van der Waals surface area (Å²) in [5.41, 5.74) is 6.51. The minimum Gasteiger partial charge on any atom is -0.454 e. The lowest BCUT2D eigenvalue weighted by atomic mass is 10.2. The zero-order valence-electron chi connectivity index (χ0n) is 9.91. The van der Waals surface area contributed by atoms with Gasteiger partial charge in [0.05, 0.1) is 0 Å². The van der Waals surface area contributed by atoms with Gasteiger partial charge in [-0.1, -0.05) is 12.1 Å². The predicted octanol–water partition coefficient (Wildman–Crippen LogP) is 3.52. The minimum absolute atomic E-state index is 0.0728. The molecule has 2 nitrogen and oxygen atoms in total. The molecule has 0 spiro atoms. The second-order valence-electron chi connectivity index (χ2n) is 3.99. The highest BCUT2D eigenvalue weighted by molar-refractivity contribution is 5.37. The summed E-state index contributed by atoms with van der Waals surface area (Å²) >= 11 is 0. The molecule has 0 unspecified atom stereocenters. The highest BCUT2D eigenvalue weighted by Gasteiger charge is 2.08. The maximum Gasteiger partial charge on any atom is 0.168 e. The first-order chi connectivity index (χ1) is 8.60. The zero-order valence-corrected chi connectivity index (χ0v) is 9.91. The van der Waals surface area contributed by atoms with Crippen LogP contribution in [-0.2, 0) is 6.54 Å². The minimum atomic E-state index is -0.457. The predicted molar refractivity (Wildman–Crippen MR) is 65.5 cm³/mol. The number of benzene rings is 2. The van der Waals surface area contributed by atoms with Crippen molar-refractivity contribution in [3.05, 3.63) is 59.2 Å². The van der Waals surface area contributed by atoms with Gasteiger partial charge in [0.15, 0.2) is 11.6 Å². The SMILES string of the molecule is Cc1cccc(Oc2cc(F)cc(CN)c2)c1F. The number of nitrogens with two attached hydrogens (primary N) is 1. The summed E-state index contributed by atoms with van der Waals surface area (Å²) < 4.78 is 32.3. The van der Waals surface area contributed by atoms with E-state index in [-0.39, 0.29) is 18.0 Å². The van der Waals surface area contributed by atoms with Crippen molar-refractivity contribution in [1.82, 2.24) is 0 Å². The Morgan fingerprint density at radius 1 is 1.17 bits per heavy atom.